The maximum absolute atomic E-state index is 5.19. The number of aromatic nitrogens is 5. The van der Waals surface area contributed by atoms with Gasteiger partial charge in [-0.3, -0.25) is 9.67 Å². The molecule has 0 radical (unpaired) electrons. The first kappa shape index (κ1) is 13.5. The molecule has 8 heteroatoms. The number of ether oxygens (including phenoxy) is 2. The van der Waals surface area contributed by atoms with Gasteiger partial charge in [-0.1, -0.05) is 6.92 Å². The zero-order valence-corrected chi connectivity index (χ0v) is 11.8. The summed E-state index contributed by atoms with van der Waals surface area (Å²) in [5, 5.41) is 6.91. The largest absolute Gasteiger partial charge is 0.481 e. The highest BCUT2D eigenvalue weighted by Gasteiger charge is 2.14. The SMILES string of the molecule is CCCn1c(-c2nc(OC)cc(OC)n2)n[nH]c1=S. The van der Waals surface area contributed by atoms with Crippen LogP contribution in [-0.2, 0) is 6.54 Å². The number of hydrogen-bond donors (Lipinski definition) is 1. The van der Waals surface area contributed by atoms with Crippen LogP contribution in [-0.4, -0.2) is 39.0 Å². The van der Waals surface area contributed by atoms with Gasteiger partial charge in [0.15, 0.2) is 4.77 Å². The Bertz CT molecular complexity index is 600. The number of methoxy groups -OCH3 is 2. The van der Waals surface area contributed by atoms with Gasteiger partial charge in [-0.25, -0.2) is 0 Å². The van der Waals surface area contributed by atoms with E-state index in [1.807, 2.05) is 4.57 Å². The molecule has 0 saturated heterocycles. The zero-order valence-electron chi connectivity index (χ0n) is 11.0. The van der Waals surface area contributed by atoms with Gasteiger partial charge in [0.25, 0.3) is 0 Å². The summed E-state index contributed by atoms with van der Waals surface area (Å²) in [7, 11) is 3.07. The highest BCUT2D eigenvalue weighted by molar-refractivity contribution is 7.71. The van der Waals surface area contributed by atoms with Crippen molar-refractivity contribution in [3.8, 4) is 23.4 Å². The van der Waals surface area contributed by atoms with Crippen molar-refractivity contribution in [1.82, 2.24) is 24.7 Å². The van der Waals surface area contributed by atoms with Crippen molar-refractivity contribution in [2.24, 2.45) is 0 Å². The number of hydrogen-bond acceptors (Lipinski definition) is 6. The summed E-state index contributed by atoms with van der Waals surface area (Å²) in [6.07, 6.45) is 0.932. The van der Waals surface area contributed by atoms with Gasteiger partial charge in [-0.15, -0.1) is 0 Å². The molecule has 0 unspecified atom stereocenters. The summed E-state index contributed by atoms with van der Waals surface area (Å²) >= 11 is 5.19. The molecule has 0 aromatic carbocycles. The van der Waals surface area contributed by atoms with Crippen LogP contribution in [0.4, 0.5) is 0 Å². The van der Waals surface area contributed by atoms with Crippen molar-refractivity contribution < 1.29 is 9.47 Å². The molecule has 0 aliphatic heterocycles. The van der Waals surface area contributed by atoms with Crippen LogP contribution < -0.4 is 9.47 Å². The van der Waals surface area contributed by atoms with Gasteiger partial charge in [0.2, 0.25) is 23.4 Å². The van der Waals surface area contributed by atoms with E-state index < -0.39 is 0 Å². The Morgan fingerprint density at radius 2 is 1.89 bits per heavy atom. The first-order chi connectivity index (χ1) is 9.19. The number of nitrogens with zero attached hydrogens (tertiary/aromatic N) is 4. The fourth-order valence-electron chi connectivity index (χ4n) is 1.63. The quantitative estimate of drug-likeness (QED) is 0.842. The molecule has 102 valence electrons. The predicted molar refractivity (Wildman–Crippen MR) is 71.8 cm³/mol. The monoisotopic (exact) mass is 281 g/mol. The molecule has 0 spiro atoms. The lowest BCUT2D eigenvalue weighted by molar-refractivity contribution is 0.372. The summed E-state index contributed by atoms with van der Waals surface area (Å²) in [6, 6.07) is 1.61. The fourth-order valence-corrected chi connectivity index (χ4v) is 1.86. The number of H-pyrrole nitrogens is 1. The van der Waals surface area contributed by atoms with Crippen molar-refractivity contribution in [2.45, 2.75) is 19.9 Å². The Balaban J connectivity index is 2.54. The Labute approximate surface area is 115 Å². The molecule has 0 bridgehead atoms. The van der Waals surface area contributed by atoms with Gasteiger partial charge in [0.05, 0.1) is 20.3 Å². The summed E-state index contributed by atoms with van der Waals surface area (Å²) in [5.74, 6) is 1.82. The van der Waals surface area contributed by atoms with Gasteiger partial charge in [-0.05, 0) is 18.6 Å². The molecule has 1 N–H and O–H groups in total. The highest BCUT2D eigenvalue weighted by Crippen LogP contribution is 2.21. The van der Waals surface area contributed by atoms with Gasteiger partial charge >= 0.3 is 0 Å². The van der Waals surface area contributed by atoms with Gasteiger partial charge in [-0.2, -0.15) is 15.1 Å². The summed E-state index contributed by atoms with van der Waals surface area (Å²) in [6.45, 7) is 2.80. The first-order valence-electron chi connectivity index (χ1n) is 5.82. The number of rotatable bonds is 5. The Morgan fingerprint density at radius 3 is 2.42 bits per heavy atom. The van der Waals surface area contributed by atoms with Crippen LogP contribution in [0.5, 0.6) is 11.8 Å². The molecule has 19 heavy (non-hydrogen) atoms. The van der Waals surface area contributed by atoms with Gasteiger partial charge < -0.3 is 9.47 Å². The van der Waals surface area contributed by atoms with E-state index in [1.54, 1.807) is 6.07 Å². The second kappa shape index (κ2) is 5.79. The summed E-state index contributed by atoms with van der Waals surface area (Å²) < 4.78 is 12.6. The molecule has 0 amide bonds. The predicted octanol–water partition coefficient (Wildman–Crippen LogP) is 1.82. The summed E-state index contributed by atoms with van der Waals surface area (Å²) in [5.41, 5.74) is 0. The van der Waals surface area contributed by atoms with Crippen molar-refractivity contribution >= 4 is 12.2 Å². The van der Waals surface area contributed by atoms with E-state index >= 15 is 0 Å². The van der Waals surface area contributed by atoms with Crippen molar-refractivity contribution in [2.75, 3.05) is 14.2 Å². The minimum absolute atomic E-state index is 0.414. The maximum Gasteiger partial charge on any atom is 0.220 e. The minimum Gasteiger partial charge on any atom is -0.481 e. The topological polar surface area (TPSA) is 77.8 Å². The van der Waals surface area contributed by atoms with E-state index in [0.717, 1.165) is 13.0 Å². The molecule has 2 aromatic heterocycles. The molecule has 0 saturated carbocycles. The average molecular weight is 281 g/mol. The Morgan fingerprint density at radius 1 is 1.26 bits per heavy atom. The van der Waals surface area contributed by atoms with E-state index in [-0.39, 0.29) is 0 Å². The lowest BCUT2D eigenvalue weighted by Gasteiger charge is -2.07. The third kappa shape index (κ3) is 2.73. The third-order valence-corrected chi connectivity index (χ3v) is 2.81. The zero-order chi connectivity index (χ0) is 13.8. The number of nitrogens with one attached hydrogen (secondary N) is 1. The molecule has 0 aliphatic rings. The molecule has 0 fully saturated rings. The second-order valence-electron chi connectivity index (χ2n) is 3.78. The van der Waals surface area contributed by atoms with Gasteiger partial charge in [0, 0.05) is 6.54 Å². The van der Waals surface area contributed by atoms with Crippen LogP contribution in [0.1, 0.15) is 13.3 Å². The van der Waals surface area contributed by atoms with E-state index in [0.29, 0.717) is 28.2 Å². The van der Waals surface area contributed by atoms with E-state index in [2.05, 4.69) is 27.1 Å². The molecular formula is C11H15N5O2S. The Hall–Kier alpha value is -1.96. The van der Waals surface area contributed by atoms with Crippen LogP contribution in [0, 0.1) is 4.77 Å². The van der Waals surface area contributed by atoms with Crippen molar-refractivity contribution in [1.29, 1.82) is 0 Å². The smallest absolute Gasteiger partial charge is 0.220 e. The van der Waals surface area contributed by atoms with Crippen LogP contribution >= 0.6 is 12.2 Å². The van der Waals surface area contributed by atoms with Crippen LogP contribution in [0.3, 0.4) is 0 Å². The fraction of sp³-hybridized carbons (Fsp3) is 0.455. The minimum atomic E-state index is 0.414. The maximum atomic E-state index is 5.19. The van der Waals surface area contributed by atoms with Gasteiger partial charge in [0.1, 0.15) is 0 Å². The Kier molecular flexibility index (Phi) is 4.10. The standard InChI is InChI=1S/C11H15N5O2S/c1-4-5-16-10(14-15-11(16)19)9-12-7(17-2)6-8(13-9)18-3/h6H,4-5H2,1-3H3,(H,15,19). The van der Waals surface area contributed by atoms with E-state index in [9.17, 15) is 0 Å². The van der Waals surface area contributed by atoms with E-state index in [1.165, 1.54) is 14.2 Å². The molecule has 7 nitrogen and oxygen atoms in total. The molecular weight excluding hydrogens is 266 g/mol. The molecule has 2 rings (SSSR count). The molecule has 2 heterocycles. The summed E-state index contributed by atoms with van der Waals surface area (Å²) in [4.78, 5) is 8.53. The van der Waals surface area contributed by atoms with Crippen molar-refractivity contribution in [3.63, 3.8) is 0 Å². The van der Waals surface area contributed by atoms with E-state index in [4.69, 9.17) is 21.7 Å². The molecule has 0 atom stereocenters. The molecule has 2 aromatic rings. The third-order valence-electron chi connectivity index (χ3n) is 2.50. The van der Waals surface area contributed by atoms with Crippen LogP contribution in [0.2, 0.25) is 0 Å². The normalized spacial score (nSPS) is 10.5. The van der Waals surface area contributed by atoms with Crippen LogP contribution in [0.25, 0.3) is 11.6 Å². The average Bonchev–Trinajstić information content (AvgIpc) is 2.80. The van der Waals surface area contributed by atoms with Crippen LogP contribution in [0.15, 0.2) is 6.07 Å². The first-order valence-corrected chi connectivity index (χ1v) is 6.23. The lowest BCUT2D eigenvalue weighted by Crippen LogP contribution is -2.04. The number of aromatic amines is 1. The second-order valence-corrected chi connectivity index (χ2v) is 4.17. The molecule has 0 aliphatic carbocycles. The lowest BCUT2D eigenvalue weighted by atomic mass is 10.4. The highest BCUT2D eigenvalue weighted by atomic mass is 32.1. The van der Waals surface area contributed by atoms with Crippen molar-refractivity contribution in [3.05, 3.63) is 10.8 Å².